The quantitative estimate of drug-likeness (QED) is 0.322. The smallest absolute Gasteiger partial charge is 0.414 e. The van der Waals surface area contributed by atoms with Crippen LogP contribution in [0.15, 0.2) is 46.7 Å². The van der Waals surface area contributed by atoms with Crippen molar-refractivity contribution in [2.45, 2.75) is 62.4 Å². The lowest BCUT2D eigenvalue weighted by atomic mass is 9.91. The second kappa shape index (κ2) is 11.6. The molecule has 2 aliphatic carbocycles. The van der Waals surface area contributed by atoms with Gasteiger partial charge >= 0.3 is 12.1 Å². The number of carbonyl (C=O) groups excluding carboxylic acids is 2. The van der Waals surface area contributed by atoms with E-state index in [9.17, 15) is 19.5 Å². The van der Waals surface area contributed by atoms with E-state index in [1.54, 1.807) is 17.0 Å². The molecule has 2 unspecified atom stereocenters. The average Bonchev–Trinajstić information content (AvgIpc) is 3.77. The number of hydrogen-bond acceptors (Lipinski definition) is 8. The third-order valence-corrected chi connectivity index (χ3v) is 9.30. The molecule has 2 aromatic rings. The van der Waals surface area contributed by atoms with Gasteiger partial charge in [0.25, 0.3) is 0 Å². The third-order valence-electron chi connectivity index (χ3n) is 8.75. The van der Waals surface area contributed by atoms with Gasteiger partial charge in [-0.15, -0.1) is 11.6 Å². The maximum absolute atomic E-state index is 15.7. The van der Waals surface area contributed by atoms with Gasteiger partial charge in [-0.3, -0.25) is 9.69 Å². The number of piperidine rings is 1. The zero-order valence-electron chi connectivity index (χ0n) is 24.1. The van der Waals surface area contributed by atoms with Crippen molar-refractivity contribution in [3.05, 3.63) is 63.5 Å². The van der Waals surface area contributed by atoms with Crippen molar-refractivity contribution >= 4 is 49.7 Å². The van der Waals surface area contributed by atoms with Crippen LogP contribution in [0.1, 0.15) is 55.4 Å². The van der Waals surface area contributed by atoms with E-state index in [-0.39, 0.29) is 66.7 Å². The Bertz CT molecular complexity index is 1630. The summed E-state index contributed by atoms with van der Waals surface area (Å²) in [6, 6.07) is 2.88. The second-order valence-electron chi connectivity index (χ2n) is 12.1. The molecule has 0 radical (unpaired) electrons. The first-order chi connectivity index (χ1) is 20.9. The van der Waals surface area contributed by atoms with E-state index in [1.165, 1.54) is 24.1 Å². The number of alkyl halides is 2. The van der Waals surface area contributed by atoms with Gasteiger partial charge in [0, 0.05) is 42.8 Å². The summed E-state index contributed by atoms with van der Waals surface area (Å²) in [5, 5.41) is 11.4. The van der Waals surface area contributed by atoms with Crippen molar-refractivity contribution < 1.29 is 37.5 Å². The first kappa shape index (κ1) is 30.8. The number of pyridine rings is 1. The fourth-order valence-corrected chi connectivity index (χ4v) is 6.32. The lowest BCUT2D eigenvalue weighted by Gasteiger charge is -2.40. The van der Waals surface area contributed by atoms with Crippen LogP contribution >= 0.6 is 21.1 Å². The van der Waals surface area contributed by atoms with Gasteiger partial charge in [0.2, 0.25) is 5.43 Å². The summed E-state index contributed by atoms with van der Waals surface area (Å²) in [6.07, 6.45) is 5.64. The summed E-state index contributed by atoms with van der Waals surface area (Å²) < 4.78 is 48.6. The zero-order chi connectivity index (χ0) is 31.4. The molecule has 4 aliphatic rings. The Morgan fingerprint density at radius 3 is 2.57 bits per heavy atom. The number of anilines is 1. The standard InChI is InChI=1S/C30H33ClF2N3O7P/c1-29(33)12-18(36-14-19(13-31)42-28(36)39)4-5-25(29)41-16-30(40)6-8-34(9-7-30)24-11-23-20(10-22(24)32)26(37)21(27(38)43-44)15-35(23)17-2-3-17/h4-5,10-11,15,17,19,40H,2-3,6-9,12-14,16,44H2,1H3/t19-,29?/m0/s1. The minimum absolute atomic E-state index is 0.0436. The number of carbonyl (C=O) groups is 2. The van der Waals surface area contributed by atoms with E-state index in [1.807, 2.05) is 14.0 Å². The summed E-state index contributed by atoms with van der Waals surface area (Å²) in [7, 11) is 1.83. The van der Waals surface area contributed by atoms with Crippen molar-refractivity contribution in [1.82, 2.24) is 9.47 Å². The van der Waals surface area contributed by atoms with Gasteiger partial charge in [-0.05, 0) is 56.9 Å². The van der Waals surface area contributed by atoms with Crippen molar-refractivity contribution in [3.63, 3.8) is 0 Å². The molecule has 3 fully saturated rings. The lowest BCUT2D eigenvalue weighted by Crippen LogP contribution is -2.48. The van der Waals surface area contributed by atoms with Gasteiger partial charge < -0.3 is 28.6 Å². The Hall–Kier alpha value is -3.21. The zero-order valence-corrected chi connectivity index (χ0v) is 26.0. The summed E-state index contributed by atoms with van der Waals surface area (Å²) in [5.74, 6) is -1.22. The summed E-state index contributed by atoms with van der Waals surface area (Å²) in [4.78, 5) is 40.5. The molecule has 0 bridgehead atoms. The van der Waals surface area contributed by atoms with Crippen LogP contribution in [0.4, 0.5) is 19.3 Å². The van der Waals surface area contributed by atoms with Crippen molar-refractivity contribution in [3.8, 4) is 0 Å². The van der Waals surface area contributed by atoms with E-state index in [2.05, 4.69) is 4.52 Å². The van der Waals surface area contributed by atoms with Gasteiger partial charge in [0.15, 0.2) is 5.67 Å². The number of allylic oxidation sites excluding steroid dienone is 4. The highest BCUT2D eigenvalue weighted by Gasteiger charge is 2.42. The third kappa shape index (κ3) is 5.79. The number of aliphatic hydroxyl groups is 1. The topological polar surface area (TPSA) is 111 Å². The Morgan fingerprint density at radius 2 is 1.95 bits per heavy atom. The number of benzene rings is 1. The summed E-state index contributed by atoms with van der Waals surface area (Å²) in [6.45, 7) is 2.03. The van der Waals surface area contributed by atoms with E-state index < -0.39 is 40.7 Å². The molecule has 0 spiro atoms. The average molecular weight is 652 g/mol. The van der Waals surface area contributed by atoms with E-state index in [0.717, 1.165) is 18.9 Å². The molecular formula is C30H33ClF2N3O7P. The van der Waals surface area contributed by atoms with Crippen LogP contribution in [-0.2, 0) is 14.0 Å². The van der Waals surface area contributed by atoms with Crippen LogP contribution < -0.4 is 10.3 Å². The molecule has 14 heteroatoms. The Morgan fingerprint density at radius 1 is 1.23 bits per heavy atom. The fourth-order valence-electron chi connectivity index (χ4n) is 6.04. The van der Waals surface area contributed by atoms with Crippen LogP contribution in [0.2, 0.25) is 0 Å². The second-order valence-corrected chi connectivity index (χ2v) is 12.6. The fraction of sp³-hybridized carbons (Fsp3) is 0.500. The SMILES string of the molecule is CC1(F)CC(N2C[C@H](CCl)OC2=O)=CC=C1OCC1(O)CCN(c2cc3c(cc2F)c(=O)c(C(=O)OP)cn3C2CC2)CC1. The molecule has 1 saturated carbocycles. The monoisotopic (exact) mass is 651 g/mol. The molecule has 3 atom stereocenters. The number of cyclic esters (lactones) is 1. The number of halogens is 3. The molecule has 1 N–H and O–H groups in total. The van der Waals surface area contributed by atoms with E-state index in [0.29, 0.717) is 24.3 Å². The maximum Gasteiger partial charge on any atom is 0.414 e. The van der Waals surface area contributed by atoms with Crippen LogP contribution in [0.5, 0.6) is 0 Å². The predicted molar refractivity (Wildman–Crippen MR) is 162 cm³/mol. The Kier molecular flexibility index (Phi) is 8.13. The minimum atomic E-state index is -1.92. The number of aromatic nitrogens is 1. The van der Waals surface area contributed by atoms with E-state index in [4.69, 9.17) is 21.1 Å². The Labute approximate surface area is 259 Å². The molecule has 236 valence electrons. The lowest BCUT2D eigenvalue weighted by molar-refractivity contribution is -0.0560. The number of rotatable bonds is 8. The molecule has 1 amide bonds. The predicted octanol–water partition coefficient (Wildman–Crippen LogP) is 4.73. The molecular weight excluding hydrogens is 619 g/mol. The molecule has 1 aromatic carbocycles. The van der Waals surface area contributed by atoms with Crippen molar-refractivity contribution in [2.24, 2.45) is 0 Å². The highest BCUT2D eigenvalue weighted by atomic mass is 35.5. The summed E-state index contributed by atoms with van der Waals surface area (Å²) in [5.41, 5.74) is -2.68. The van der Waals surface area contributed by atoms with Crippen LogP contribution in [0.25, 0.3) is 10.9 Å². The van der Waals surface area contributed by atoms with Crippen LogP contribution in [0.3, 0.4) is 0 Å². The van der Waals surface area contributed by atoms with Gasteiger partial charge in [-0.2, -0.15) is 0 Å². The first-order valence-electron chi connectivity index (χ1n) is 14.5. The molecule has 2 aliphatic heterocycles. The largest absolute Gasteiger partial charge is 0.492 e. The highest BCUT2D eigenvalue weighted by molar-refractivity contribution is 7.10. The van der Waals surface area contributed by atoms with Crippen LogP contribution in [0, 0.1) is 5.82 Å². The molecule has 44 heavy (non-hydrogen) atoms. The molecule has 3 heterocycles. The van der Waals surface area contributed by atoms with Gasteiger partial charge in [0.05, 0.1) is 33.1 Å². The van der Waals surface area contributed by atoms with Crippen molar-refractivity contribution in [1.29, 1.82) is 0 Å². The van der Waals surface area contributed by atoms with E-state index >= 15 is 8.78 Å². The highest BCUT2D eigenvalue weighted by Crippen LogP contribution is 2.40. The number of nitrogens with zero attached hydrogens (tertiary/aromatic N) is 3. The minimum Gasteiger partial charge on any atom is -0.492 e. The molecule has 2 saturated heterocycles. The number of hydrogen-bond donors (Lipinski definition) is 1. The van der Waals surface area contributed by atoms with Gasteiger partial charge in [0.1, 0.15) is 35.5 Å². The van der Waals surface area contributed by atoms with Gasteiger partial charge in [-0.25, -0.2) is 18.4 Å². The number of ether oxygens (including phenoxy) is 2. The van der Waals surface area contributed by atoms with Gasteiger partial charge in [-0.1, -0.05) is 0 Å². The summed E-state index contributed by atoms with van der Waals surface area (Å²) >= 11 is 5.80. The Balaban J connectivity index is 1.15. The normalized spacial score (nSPS) is 25.0. The number of amides is 1. The molecule has 10 nitrogen and oxygen atoms in total. The van der Waals surface area contributed by atoms with Crippen LogP contribution in [-0.4, -0.2) is 76.1 Å². The molecule has 6 rings (SSSR count). The van der Waals surface area contributed by atoms with Crippen molar-refractivity contribution in [2.75, 3.05) is 37.0 Å². The number of fused-ring (bicyclic) bond motifs is 1. The molecule has 1 aromatic heterocycles. The maximum atomic E-state index is 15.7. The first-order valence-corrected chi connectivity index (χ1v) is 15.5.